The molecule has 1 N–H and O–H groups in total. The Kier molecular flexibility index (Phi) is 4.43. The minimum Gasteiger partial charge on any atom is -0.444 e. The van der Waals surface area contributed by atoms with Gasteiger partial charge in [0, 0.05) is 30.8 Å². The van der Waals surface area contributed by atoms with Gasteiger partial charge in [0.2, 0.25) is 0 Å². The number of carbonyl (C=O) groups is 1. The van der Waals surface area contributed by atoms with E-state index in [0.29, 0.717) is 41.8 Å². The lowest BCUT2D eigenvalue weighted by Gasteiger charge is -2.26. The molecule has 2 aliphatic rings. The monoisotopic (exact) mass is 390 g/mol. The smallest absolute Gasteiger partial charge is 0.410 e. The largest absolute Gasteiger partial charge is 0.444 e. The molecule has 0 radical (unpaired) electrons. The van der Waals surface area contributed by atoms with E-state index in [4.69, 9.17) is 4.74 Å². The predicted molar refractivity (Wildman–Crippen MR) is 102 cm³/mol. The van der Waals surface area contributed by atoms with E-state index in [9.17, 15) is 18.4 Å². The molecule has 0 spiro atoms. The van der Waals surface area contributed by atoms with E-state index in [1.807, 2.05) is 0 Å². The van der Waals surface area contributed by atoms with Crippen LogP contribution < -0.4 is 5.43 Å². The molecule has 1 saturated carbocycles. The summed E-state index contributed by atoms with van der Waals surface area (Å²) in [4.78, 5) is 30.2. The van der Waals surface area contributed by atoms with E-state index >= 15 is 0 Å². The summed E-state index contributed by atoms with van der Waals surface area (Å²) >= 11 is 0. The zero-order chi connectivity index (χ0) is 20.2. The summed E-state index contributed by atoms with van der Waals surface area (Å²) in [5.74, 6) is -1.92. The number of nitrogens with zero attached hydrogens (tertiary/aromatic N) is 1. The Bertz CT molecular complexity index is 1020. The minimum absolute atomic E-state index is 0.162. The number of fused-ring (bicyclic) bond motifs is 2. The van der Waals surface area contributed by atoms with E-state index in [1.54, 1.807) is 25.7 Å². The summed E-state index contributed by atoms with van der Waals surface area (Å²) < 4.78 is 34.0. The average molecular weight is 390 g/mol. The lowest BCUT2D eigenvalue weighted by atomic mass is 9.99. The van der Waals surface area contributed by atoms with Gasteiger partial charge in [-0.05, 0) is 57.6 Å². The number of rotatable bonds is 1. The van der Waals surface area contributed by atoms with E-state index < -0.39 is 28.8 Å². The highest BCUT2D eigenvalue weighted by Crippen LogP contribution is 2.43. The fraction of sp³-hybridized carbons (Fsp3) is 0.524. The van der Waals surface area contributed by atoms with Gasteiger partial charge in [-0.2, -0.15) is 0 Å². The summed E-state index contributed by atoms with van der Waals surface area (Å²) in [5, 5.41) is -0.202. The van der Waals surface area contributed by atoms with Gasteiger partial charge in [0.05, 0.1) is 10.9 Å². The molecule has 1 aliphatic heterocycles. The summed E-state index contributed by atoms with van der Waals surface area (Å²) in [7, 11) is 0. The van der Waals surface area contributed by atoms with Crippen molar-refractivity contribution >= 4 is 17.0 Å². The number of benzene rings is 1. The Balaban J connectivity index is 1.75. The molecule has 1 aromatic heterocycles. The standard InChI is InChI=1S/C21H24F2N2O3/c1-21(2,3)28-20(27)25-8-6-12-15(7-9-25)24-18-13(11-4-5-11)10-14(22)17(23)16(18)19(12)26/h10-11H,4-9H2,1-3H3,(H,24,26). The van der Waals surface area contributed by atoms with Crippen molar-refractivity contribution in [2.24, 2.45) is 0 Å². The second kappa shape index (κ2) is 6.57. The molecule has 1 fully saturated rings. The number of amides is 1. The van der Waals surface area contributed by atoms with Crippen LogP contribution in [0.3, 0.4) is 0 Å². The Morgan fingerprint density at radius 1 is 1.21 bits per heavy atom. The van der Waals surface area contributed by atoms with Crippen LogP contribution >= 0.6 is 0 Å². The van der Waals surface area contributed by atoms with Gasteiger partial charge < -0.3 is 14.6 Å². The topological polar surface area (TPSA) is 62.4 Å². The third-order valence-corrected chi connectivity index (χ3v) is 5.32. The van der Waals surface area contributed by atoms with Crippen molar-refractivity contribution in [1.29, 1.82) is 0 Å². The maximum atomic E-state index is 14.5. The number of hydrogen-bond donors (Lipinski definition) is 1. The van der Waals surface area contributed by atoms with Crippen LogP contribution in [-0.4, -0.2) is 34.7 Å². The first-order valence-corrected chi connectivity index (χ1v) is 9.69. The molecule has 1 amide bonds. The van der Waals surface area contributed by atoms with Crippen molar-refractivity contribution in [1.82, 2.24) is 9.88 Å². The van der Waals surface area contributed by atoms with Gasteiger partial charge in [-0.15, -0.1) is 0 Å². The van der Waals surface area contributed by atoms with Gasteiger partial charge in [-0.3, -0.25) is 4.79 Å². The van der Waals surface area contributed by atoms with Crippen molar-refractivity contribution in [3.63, 3.8) is 0 Å². The quantitative estimate of drug-likeness (QED) is 0.800. The van der Waals surface area contributed by atoms with Gasteiger partial charge in [0.15, 0.2) is 17.1 Å². The van der Waals surface area contributed by atoms with Crippen LogP contribution in [0, 0.1) is 11.6 Å². The normalized spacial score (nSPS) is 17.4. The van der Waals surface area contributed by atoms with Crippen LogP contribution in [-0.2, 0) is 17.6 Å². The maximum absolute atomic E-state index is 14.5. The molecule has 4 rings (SSSR count). The molecule has 0 unspecified atom stereocenters. The van der Waals surface area contributed by atoms with Gasteiger partial charge >= 0.3 is 6.09 Å². The van der Waals surface area contributed by atoms with E-state index in [1.165, 1.54) is 6.07 Å². The molecule has 0 atom stereocenters. The van der Waals surface area contributed by atoms with Crippen LogP contribution in [0.4, 0.5) is 13.6 Å². The van der Waals surface area contributed by atoms with Crippen LogP contribution in [0.5, 0.6) is 0 Å². The lowest BCUT2D eigenvalue weighted by molar-refractivity contribution is 0.0258. The number of ether oxygens (including phenoxy) is 1. The first kappa shape index (κ1) is 18.9. The number of aromatic nitrogens is 1. The highest BCUT2D eigenvalue weighted by Gasteiger charge is 2.31. The molecule has 1 aliphatic carbocycles. The Morgan fingerprint density at radius 2 is 1.89 bits per heavy atom. The van der Waals surface area contributed by atoms with Crippen molar-refractivity contribution in [3.8, 4) is 0 Å². The third-order valence-electron chi connectivity index (χ3n) is 5.32. The SMILES string of the molecule is CC(C)(C)OC(=O)N1CCc2[nH]c3c(C4CC4)cc(F)c(F)c3c(=O)c2CC1. The molecule has 1 aromatic carbocycles. The first-order valence-electron chi connectivity index (χ1n) is 9.69. The number of nitrogens with one attached hydrogen (secondary N) is 1. The fourth-order valence-electron chi connectivity index (χ4n) is 3.82. The van der Waals surface area contributed by atoms with Crippen LogP contribution in [0.1, 0.15) is 56.4 Å². The van der Waals surface area contributed by atoms with Crippen molar-refractivity contribution in [3.05, 3.63) is 44.7 Å². The molecular weight excluding hydrogens is 366 g/mol. The van der Waals surface area contributed by atoms with Gasteiger partial charge in [0.1, 0.15) is 5.60 Å². The van der Waals surface area contributed by atoms with E-state index in [-0.39, 0.29) is 17.7 Å². The Hall–Kier alpha value is -2.44. The van der Waals surface area contributed by atoms with Crippen LogP contribution in [0.2, 0.25) is 0 Å². The predicted octanol–water partition coefficient (Wildman–Crippen LogP) is 4.02. The number of halogens is 2. The number of aromatic amines is 1. The Labute approximate surface area is 161 Å². The molecule has 7 heteroatoms. The second-order valence-corrected chi connectivity index (χ2v) is 8.66. The second-order valence-electron chi connectivity index (χ2n) is 8.66. The number of H-pyrrole nitrogens is 1. The van der Waals surface area contributed by atoms with Crippen LogP contribution in [0.25, 0.3) is 10.9 Å². The zero-order valence-corrected chi connectivity index (χ0v) is 16.3. The molecule has 28 heavy (non-hydrogen) atoms. The van der Waals surface area contributed by atoms with Gasteiger partial charge in [0.25, 0.3) is 0 Å². The van der Waals surface area contributed by atoms with Crippen molar-refractivity contribution in [2.45, 2.75) is 58.0 Å². The third kappa shape index (κ3) is 3.38. The summed E-state index contributed by atoms with van der Waals surface area (Å²) in [6, 6.07) is 1.21. The zero-order valence-electron chi connectivity index (χ0n) is 16.3. The summed E-state index contributed by atoms with van der Waals surface area (Å²) in [5.41, 5.74) is 1.09. The molecule has 0 bridgehead atoms. The molecular formula is C21H24F2N2O3. The summed E-state index contributed by atoms with van der Waals surface area (Å²) in [6.07, 6.45) is 2.09. The number of pyridine rings is 1. The lowest BCUT2D eigenvalue weighted by Crippen LogP contribution is -2.38. The molecule has 5 nitrogen and oxygen atoms in total. The number of hydrogen-bond acceptors (Lipinski definition) is 3. The van der Waals surface area contributed by atoms with Gasteiger partial charge in [-0.25, -0.2) is 13.6 Å². The maximum Gasteiger partial charge on any atom is 0.410 e. The highest BCUT2D eigenvalue weighted by molar-refractivity contribution is 5.84. The average Bonchev–Trinajstić information content (AvgIpc) is 3.43. The number of carbonyl (C=O) groups excluding carboxylic acids is 1. The van der Waals surface area contributed by atoms with Crippen LogP contribution in [0.15, 0.2) is 10.9 Å². The van der Waals surface area contributed by atoms with E-state index in [2.05, 4.69) is 4.98 Å². The molecule has 2 heterocycles. The summed E-state index contributed by atoms with van der Waals surface area (Å²) in [6.45, 7) is 6.08. The minimum atomic E-state index is -1.10. The van der Waals surface area contributed by atoms with Crippen molar-refractivity contribution in [2.75, 3.05) is 13.1 Å². The first-order chi connectivity index (χ1) is 13.2. The molecule has 150 valence electrons. The van der Waals surface area contributed by atoms with E-state index in [0.717, 1.165) is 12.8 Å². The highest BCUT2D eigenvalue weighted by atomic mass is 19.2. The molecule has 0 saturated heterocycles. The van der Waals surface area contributed by atoms with Gasteiger partial charge in [-0.1, -0.05) is 0 Å². The fourth-order valence-corrected chi connectivity index (χ4v) is 3.82. The Morgan fingerprint density at radius 3 is 2.54 bits per heavy atom. The molecule has 2 aromatic rings. The van der Waals surface area contributed by atoms with Crippen molar-refractivity contribution < 1.29 is 18.3 Å².